The van der Waals surface area contributed by atoms with Crippen molar-refractivity contribution in [3.8, 4) is 0 Å². The molecule has 3 nitrogen and oxygen atoms in total. The lowest BCUT2D eigenvalue weighted by atomic mass is 10.0. The van der Waals surface area contributed by atoms with Gasteiger partial charge in [-0.15, -0.1) is 0 Å². The number of rotatable bonds is 2. The SMILES string of the molecule is OCC[C@@H]1C=C[C@H](O)[C@@H]1O. The zero-order valence-electron chi connectivity index (χ0n) is 5.64. The molecule has 1 aliphatic rings. The lowest BCUT2D eigenvalue weighted by Gasteiger charge is -2.14. The summed E-state index contributed by atoms with van der Waals surface area (Å²) in [7, 11) is 0. The average Bonchev–Trinajstić information content (AvgIpc) is 2.20. The second kappa shape index (κ2) is 3.14. The van der Waals surface area contributed by atoms with Gasteiger partial charge in [-0.05, 0) is 6.42 Å². The molecule has 0 bridgehead atoms. The lowest BCUT2D eigenvalue weighted by Crippen LogP contribution is -2.26. The first kappa shape index (κ1) is 7.72. The first-order valence-electron chi connectivity index (χ1n) is 3.41. The maximum Gasteiger partial charge on any atom is 0.0985 e. The quantitative estimate of drug-likeness (QED) is 0.448. The molecule has 0 aromatic heterocycles. The van der Waals surface area contributed by atoms with E-state index >= 15 is 0 Å². The predicted molar refractivity (Wildman–Crippen MR) is 36.3 cm³/mol. The Morgan fingerprint density at radius 3 is 2.30 bits per heavy atom. The van der Waals surface area contributed by atoms with E-state index < -0.39 is 12.2 Å². The molecule has 10 heavy (non-hydrogen) atoms. The summed E-state index contributed by atoms with van der Waals surface area (Å²) in [6.07, 6.45) is 2.37. The molecule has 3 atom stereocenters. The number of aliphatic hydroxyl groups excluding tert-OH is 3. The minimum atomic E-state index is -0.739. The van der Waals surface area contributed by atoms with Crippen molar-refractivity contribution in [2.45, 2.75) is 18.6 Å². The molecule has 58 valence electrons. The fourth-order valence-electron chi connectivity index (χ4n) is 1.15. The van der Waals surface area contributed by atoms with Gasteiger partial charge in [-0.3, -0.25) is 0 Å². The summed E-state index contributed by atoms with van der Waals surface area (Å²) < 4.78 is 0. The highest BCUT2D eigenvalue weighted by atomic mass is 16.3. The van der Waals surface area contributed by atoms with Crippen LogP contribution in [0.1, 0.15) is 6.42 Å². The van der Waals surface area contributed by atoms with Gasteiger partial charge in [-0.2, -0.15) is 0 Å². The normalized spacial score (nSPS) is 38.9. The molecule has 1 aliphatic carbocycles. The topological polar surface area (TPSA) is 60.7 Å². The van der Waals surface area contributed by atoms with Crippen LogP contribution < -0.4 is 0 Å². The Kier molecular flexibility index (Phi) is 2.43. The number of aliphatic hydroxyl groups is 3. The molecule has 0 aromatic rings. The van der Waals surface area contributed by atoms with Crippen LogP contribution in [-0.2, 0) is 0 Å². The fourth-order valence-corrected chi connectivity index (χ4v) is 1.15. The van der Waals surface area contributed by atoms with E-state index in [9.17, 15) is 0 Å². The van der Waals surface area contributed by atoms with Crippen molar-refractivity contribution in [1.82, 2.24) is 0 Å². The maximum atomic E-state index is 9.16. The van der Waals surface area contributed by atoms with Crippen LogP contribution >= 0.6 is 0 Å². The molecule has 3 heteroatoms. The number of hydrogen-bond acceptors (Lipinski definition) is 3. The molecule has 0 amide bonds. The third-order valence-electron chi connectivity index (χ3n) is 1.81. The van der Waals surface area contributed by atoms with Gasteiger partial charge in [0.1, 0.15) is 0 Å². The van der Waals surface area contributed by atoms with Crippen molar-refractivity contribution >= 4 is 0 Å². The Hall–Kier alpha value is -0.380. The first-order valence-corrected chi connectivity index (χ1v) is 3.41. The van der Waals surface area contributed by atoms with Crippen molar-refractivity contribution in [3.63, 3.8) is 0 Å². The van der Waals surface area contributed by atoms with Crippen molar-refractivity contribution in [2.24, 2.45) is 5.92 Å². The fraction of sp³-hybridized carbons (Fsp3) is 0.714. The van der Waals surface area contributed by atoms with Gasteiger partial charge >= 0.3 is 0 Å². The Bertz CT molecular complexity index is 133. The third-order valence-corrected chi connectivity index (χ3v) is 1.81. The molecule has 0 saturated carbocycles. The van der Waals surface area contributed by atoms with E-state index in [1.807, 2.05) is 0 Å². The second-order valence-corrected chi connectivity index (χ2v) is 2.54. The lowest BCUT2D eigenvalue weighted by molar-refractivity contribution is 0.0275. The molecule has 0 spiro atoms. The molecular weight excluding hydrogens is 132 g/mol. The van der Waals surface area contributed by atoms with Crippen molar-refractivity contribution in [1.29, 1.82) is 0 Å². The summed E-state index contributed by atoms with van der Waals surface area (Å²) in [5, 5.41) is 26.6. The van der Waals surface area contributed by atoms with Crippen LogP contribution in [0, 0.1) is 5.92 Å². The zero-order chi connectivity index (χ0) is 7.56. The Labute approximate surface area is 59.6 Å². The van der Waals surface area contributed by atoms with Gasteiger partial charge in [0, 0.05) is 12.5 Å². The van der Waals surface area contributed by atoms with E-state index in [4.69, 9.17) is 15.3 Å². The average molecular weight is 144 g/mol. The summed E-state index contributed by atoms with van der Waals surface area (Å²) in [5.41, 5.74) is 0. The molecular formula is C7H12O3. The summed E-state index contributed by atoms with van der Waals surface area (Å²) in [5.74, 6) is -0.0694. The highest BCUT2D eigenvalue weighted by Crippen LogP contribution is 2.21. The smallest absolute Gasteiger partial charge is 0.0985 e. The molecule has 0 heterocycles. The summed E-state index contributed by atoms with van der Waals surface area (Å²) in [6.45, 7) is 0.0544. The molecule has 0 aliphatic heterocycles. The van der Waals surface area contributed by atoms with E-state index in [1.165, 1.54) is 0 Å². The first-order chi connectivity index (χ1) is 4.75. The molecule has 1 rings (SSSR count). The van der Waals surface area contributed by atoms with E-state index in [0.717, 1.165) is 0 Å². The molecule has 0 saturated heterocycles. The zero-order valence-corrected chi connectivity index (χ0v) is 5.64. The maximum absolute atomic E-state index is 9.16. The number of hydrogen-bond donors (Lipinski definition) is 3. The van der Waals surface area contributed by atoms with E-state index in [-0.39, 0.29) is 12.5 Å². The predicted octanol–water partition coefficient (Wildman–Crippen LogP) is -0.723. The molecule has 3 N–H and O–H groups in total. The Morgan fingerprint density at radius 1 is 1.20 bits per heavy atom. The standard InChI is InChI=1S/C7H12O3/c8-4-3-5-1-2-6(9)7(5)10/h1-2,5-10H,3-4H2/t5-,6-,7+/m0/s1. The highest BCUT2D eigenvalue weighted by Gasteiger charge is 2.27. The van der Waals surface area contributed by atoms with E-state index in [2.05, 4.69) is 0 Å². The Morgan fingerprint density at radius 2 is 1.90 bits per heavy atom. The molecule has 0 radical (unpaired) electrons. The van der Waals surface area contributed by atoms with Crippen LogP contribution in [0.5, 0.6) is 0 Å². The minimum absolute atomic E-state index is 0.0544. The summed E-state index contributed by atoms with van der Waals surface area (Å²) >= 11 is 0. The third kappa shape index (κ3) is 1.37. The highest BCUT2D eigenvalue weighted by molar-refractivity contribution is 5.07. The monoisotopic (exact) mass is 144 g/mol. The van der Waals surface area contributed by atoms with Crippen LogP contribution in [-0.4, -0.2) is 34.1 Å². The minimum Gasteiger partial charge on any atom is -0.396 e. The van der Waals surface area contributed by atoms with Crippen LogP contribution in [0.25, 0.3) is 0 Å². The molecule has 0 fully saturated rings. The van der Waals surface area contributed by atoms with E-state index in [0.29, 0.717) is 6.42 Å². The van der Waals surface area contributed by atoms with Gasteiger partial charge in [0.2, 0.25) is 0 Å². The summed E-state index contributed by atoms with van der Waals surface area (Å²) in [6, 6.07) is 0. The van der Waals surface area contributed by atoms with Gasteiger partial charge in [-0.1, -0.05) is 12.2 Å². The van der Waals surface area contributed by atoms with Gasteiger partial charge in [0.15, 0.2) is 0 Å². The van der Waals surface area contributed by atoms with Crippen molar-refractivity contribution in [2.75, 3.05) is 6.61 Å². The van der Waals surface area contributed by atoms with E-state index in [1.54, 1.807) is 12.2 Å². The van der Waals surface area contributed by atoms with Crippen LogP contribution in [0.2, 0.25) is 0 Å². The largest absolute Gasteiger partial charge is 0.396 e. The molecule has 0 aromatic carbocycles. The van der Waals surface area contributed by atoms with Crippen LogP contribution in [0.4, 0.5) is 0 Å². The van der Waals surface area contributed by atoms with Gasteiger partial charge in [0.25, 0.3) is 0 Å². The Balaban J connectivity index is 2.41. The van der Waals surface area contributed by atoms with Gasteiger partial charge in [0.05, 0.1) is 12.2 Å². The van der Waals surface area contributed by atoms with Gasteiger partial charge in [-0.25, -0.2) is 0 Å². The molecule has 0 unspecified atom stereocenters. The van der Waals surface area contributed by atoms with Crippen LogP contribution in [0.3, 0.4) is 0 Å². The van der Waals surface area contributed by atoms with Crippen LogP contribution in [0.15, 0.2) is 12.2 Å². The van der Waals surface area contributed by atoms with Gasteiger partial charge < -0.3 is 15.3 Å². The van der Waals surface area contributed by atoms with Crippen molar-refractivity contribution < 1.29 is 15.3 Å². The van der Waals surface area contributed by atoms with Crippen molar-refractivity contribution in [3.05, 3.63) is 12.2 Å². The second-order valence-electron chi connectivity index (χ2n) is 2.54. The summed E-state index contributed by atoms with van der Waals surface area (Å²) in [4.78, 5) is 0.